The maximum absolute atomic E-state index is 13.3. The third-order valence-electron chi connectivity index (χ3n) is 6.31. The first-order valence-corrected chi connectivity index (χ1v) is 11.9. The number of para-hydroxylation sites is 1. The Morgan fingerprint density at radius 2 is 1.79 bits per heavy atom. The number of benzene rings is 3. The van der Waals surface area contributed by atoms with Gasteiger partial charge in [-0.25, -0.2) is 19.3 Å². The maximum Gasteiger partial charge on any atom is 0.266 e. The van der Waals surface area contributed by atoms with Gasteiger partial charge in [-0.3, -0.25) is 14.2 Å². The van der Waals surface area contributed by atoms with E-state index in [2.05, 4.69) is 15.0 Å². The predicted octanol–water partition coefficient (Wildman–Crippen LogP) is 5.76. The van der Waals surface area contributed by atoms with Crippen LogP contribution in [0.5, 0.6) is 0 Å². The van der Waals surface area contributed by atoms with Gasteiger partial charge in [-0.2, -0.15) is 0 Å². The van der Waals surface area contributed by atoms with E-state index in [1.54, 1.807) is 53.1 Å². The number of halogens is 2. The average molecular weight is 522 g/mol. The quantitative estimate of drug-likeness (QED) is 0.253. The van der Waals surface area contributed by atoms with Gasteiger partial charge in [-0.05, 0) is 66.7 Å². The highest BCUT2D eigenvalue weighted by atomic mass is 35.5. The molecule has 7 aromatic rings. The van der Waals surface area contributed by atoms with E-state index < -0.39 is 11.6 Å². The van der Waals surface area contributed by atoms with E-state index in [0.29, 0.717) is 43.7 Å². The van der Waals surface area contributed by atoms with Crippen molar-refractivity contribution >= 4 is 55.9 Å². The molecule has 0 bridgehead atoms. The number of aromatic nitrogens is 5. The van der Waals surface area contributed by atoms with Crippen molar-refractivity contribution in [2.45, 2.75) is 0 Å². The summed E-state index contributed by atoms with van der Waals surface area (Å²) in [5.74, 6) is -0.904. The summed E-state index contributed by atoms with van der Waals surface area (Å²) in [4.78, 5) is 37.5. The van der Waals surface area contributed by atoms with Gasteiger partial charge in [0.05, 0.1) is 30.4 Å². The van der Waals surface area contributed by atoms with Crippen LogP contribution in [-0.4, -0.2) is 29.7 Å². The zero-order chi connectivity index (χ0) is 27.7. The number of pyridine rings is 1. The van der Waals surface area contributed by atoms with E-state index in [0.717, 1.165) is 11.6 Å². The molecule has 5 heterocycles. The van der Waals surface area contributed by atoms with Crippen LogP contribution in [0.4, 0.5) is 4.39 Å². The number of carbonyl (C=O) groups is 1. The van der Waals surface area contributed by atoms with E-state index in [4.69, 9.17) is 14.3 Å². The molecule has 182 valence electrons. The minimum absolute atomic E-state index is 0.0364. The van der Waals surface area contributed by atoms with Gasteiger partial charge in [0.1, 0.15) is 11.5 Å². The lowest BCUT2D eigenvalue weighted by Crippen LogP contribution is -2.21. The first-order chi connectivity index (χ1) is 19.3. The highest BCUT2D eigenvalue weighted by Crippen LogP contribution is 2.27. The van der Waals surface area contributed by atoms with E-state index in [-0.39, 0.29) is 29.2 Å². The lowest BCUT2D eigenvalue weighted by Gasteiger charge is -2.04. The number of hydrogen-bond donors (Lipinski definition) is 0. The summed E-state index contributed by atoms with van der Waals surface area (Å²) < 4.78 is 32.8. The number of carbonyl (C=O) groups excluding carboxylic acids is 1. The predicted molar refractivity (Wildman–Crippen MR) is 144 cm³/mol. The molecule has 0 atom stereocenters. The molecule has 0 amide bonds. The van der Waals surface area contributed by atoms with Crippen LogP contribution in [0.3, 0.4) is 0 Å². The van der Waals surface area contributed by atoms with Crippen molar-refractivity contribution in [2.24, 2.45) is 0 Å². The van der Waals surface area contributed by atoms with Crippen molar-refractivity contribution in [3.05, 3.63) is 124 Å². The molecule has 0 aliphatic carbocycles. The first kappa shape index (κ1) is 20.1. The van der Waals surface area contributed by atoms with Gasteiger partial charge in [-0.1, -0.05) is 23.7 Å². The molecular weight excluding hydrogens is 505 g/mol. The Kier molecular flexibility index (Phi) is 4.40. The summed E-state index contributed by atoms with van der Waals surface area (Å²) in [6.45, 7) is 0. The molecule has 3 aromatic carbocycles. The number of nitrogens with zero attached hydrogens (tertiary/aromatic N) is 5. The normalized spacial score (nSPS) is 12.8. The third-order valence-corrected chi connectivity index (χ3v) is 6.55. The second kappa shape index (κ2) is 8.29. The van der Waals surface area contributed by atoms with Crippen LogP contribution in [0.1, 0.15) is 18.9 Å². The van der Waals surface area contributed by atoms with Crippen molar-refractivity contribution in [3.8, 4) is 5.69 Å². The molecule has 9 heteroatoms. The molecule has 8 rings (SSSR count). The van der Waals surface area contributed by atoms with Gasteiger partial charge >= 0.3 is 0 Å². The molecule has 1 aliphatic heterocycles. The Bertz CT molecular complexity index is 2280. The van der Waals surface area contributed by atoms with Crippen LogP contribution in [0.15, 0.2) is 96.0 Å². The Morgan fingerprint density at radius 1 is 0.921 bits per heavy atom. The molecule has 0 spiro atoms. The summed E-state index contributed by atoms with van der Waals surface area (Å²) >= 11 is 5.99. The van der Waals surface area contributed by atoms with E-state index in [1.807, 2.05) is 12.1 Å². The second-order valence-corrected chi connectivity index (χ2v) is 9.06. The van der Waals surface area contributed by atoms with Crippen molar-refractivity contribution in [2.75, 3.05) is 0 Å². The van der Waals surface area contributed by atoms with Crippen molar-refractivity contribution in [3.63, 3.8) is 0 Å². The number of ketones is 1. The Labute approximate surface area is 221 Å². The van der Waals surface area contributed by atoms with Crippen molar-refractivity contribution in [1.82, 2.24) is 23.9 Å². The molecule has 0 unspecified atom stereocenters. The van der Waals surface area contributed by atoms with Crippen LogP contribution in [0.25, 0.3) is 44.2 Å². The van der Waals surface area contributed by atoms with Crippen molar-refractivity contribution < 1.29 is 11.9 Å². The fraction of sp³-hybridized carbons (Fsp3) is 0. The molecule has 0 N–H and O–H groups in total. The zero-order valence-corrected chi connectivity index (χ0v) is 20.1. The molecular formula is C29H15ClFN5O2. The highest BCUT2D eigenvalue weighted by Gasteiger charge is 2.30. The largest absolute Gasteiger partial charge is 0.300 e. The van der Waals surface area contributed by atoms with E-state index >= 15 is 0 Å². The standard InChI is InChI=1S/C15H7FN2O2.C14H8ClN3/c16-8-5-6-12-10(7-8)13(19)14-17-11-4-2-1-3-9(11)15(20)18(12)14;15-11-3-4-12-10(6-11)7-13-17-14-9(8-18(12)13)2-1-5-16-14/h1-7H;1-8H/i;7D,8D. The number of fused-ring (bicyclic) bond motifs is 8. The minimum atomic E-state index is -0.512. The summed E-state index contributed by atoms with van der Waals surface area (Å²) in [6.07, 6.45) is 1.91. The van der Waals surface area contributed by atoms with E-state index in [1.165, 1.54) is 16.7 Å². The summed E-state index contributed by atoms with van der Waals surface area (Å²) in [5, 5.41) is 2.35. The summed E-state index contributed by atoms with van der Waals surface area (Å²) in [5.41, 5.74) is 2.37. The average Bonchev–Trinajstić information content (AvgIpc) is 3.40. The van der Waals surface area contributed by atoms with Crippen LogP contribution in [0.2, 0.25) is 5.02 Å². The Hall–Kier alpha value is -4.95. The SMILES string of the molecule is O=C1c2cc(F)ccc2-n2c1nc1ccccc1c2=O.[2H]c1c2cc(Cl)ccc2n2c([2H])c3cccnc3nc12. The zero-order valence-electron chi connectivity index (χ0n) is 21.3. The molecule has 38 heavy (non-hydrogen) atoms. The first-order valence-electron chi connectivity index (χ1n) is 12.5. The molecule has 0 radical (unpaired) electrons. The number of rotatable bonds is 0. The molecule has 0 saturated heterocycles. The van der Waals surface area contributed by atoms with Crippen LogP contribution in [-0.2, 0) is 0 Å². The van der Waals surface area contributed by atoms with Crippen molar-refractivity contribution in [1.29, 1.82) is 0 Å². The molecule has 0 fully saturated rings. The summed E-state index contributed by atoms with van der Waals surface area (Å²) in [6, 6.07) is 19.7. The summed E-state index contributed by atoms with van der Waals surface area (Å²) in [7, 11) is 0. The second-order valence-electron chi connectivity index (χ2n) is 8.63. The molecule has 7 nitrogen and oxygen atoms in total. The molecule has 0 saturated carbocycles. The molecule has 4 aromatic heterocycles. The third kappa shape index (κ3) is 3.38. The fourth-order valence-corrected chi connectivity index (χ4v) is 4.77. The van der Waals surface area contributed by atoms with Gasteiger partial charge in [-0.15, -0.1) is 0 Å². The molecule has 1 aliphatic rings. The monoisotopic (exact) mass is 521 g/mol. The maximum atomic E-state index is 13.3. The fourth-order valence-electron chi connectivity index (χ4n) is 4.59. The van der Waals surface area contributed by atoms with Crippen LogP contribution < -0.4 is 5.56 Å². The van der Waals surface area contributed by atoms with Gasteiger partial charge in [0.15, 0.2) is 11.5 Å². The van der Waals surface area contributed by atoms with Crippen LogP contribution >= 0.6 is 11.6 Å². The smallest absolute Gasteiger partial charge is 0.266 e. The lowest BCUT2D eigenvalue weighted by molar-refractivity contribution is 0.103. The van der Waals surface area contributed by atoms with Gasteiger partial charge in [0, 0.05) is 28.2 Å². The Balaban J connectivity index is 0.000000132. The van der Waals surface area contributed by atoms with Gasteiger partial charge < -0.3 is 4.40 Å². The lowest BCUT2D eigenvalue weighted by atomic mass is 10.1. The highest BCUT2D eigenvalue weighted by molar-refractivity contribution is 6.31. The van der Waals surface area contributed by atoms with Crippen LogP contribution in [0, 0.1) is 5.82 Å². The van der Waals surface area contributed by atoms with Gasteiger partial charge in [0.25, 0.3) is 5.56 Å². The van der Waals surface area contributed by atoms with Gasteiger partial charge in [0.2, 0.25) is 5.78 Å². The number of hydrogen-bond acceptors (Lipinski definition) is 5. The Morgan fingerprint density at radius 3 is 2.68 bits per heavy atom. The minimum Gasteiger partial charge on any atom is -0.300 e. The topological polar surface area (TPSA) is 82.2 Å². The van der Waals surface area contributed by atoms with E-state index in [9.17, 15) is 14.0 Å².